The van der Waals surface area contributed by atoms with E-state index in [1.807, 2.05) is 0 Å². The fraction of sp³-hybridized carbons (Fsp3) is 0.316. The molecule has 1 aliphatic heterocycles. The van der Waals surface area contributed by atoms with E-state index >= 15 is 0 Å². The molecule has 10 nitrogen and oxygen atoms in total. The van der Waals surface area contributed by atoms with Crippen molar-refractivity contribution in [2.75, 3.05) is 18.0 Å². The second kappa shape index (κ2) is 6.82. The van der Waals surface area contributed by atoms with E-state index in [9.17, 15) is 9.59 Å². The standard InChI is InChI=1S/C19H19N7O3/c20-11-4-3-7-25(9-11)19-22-14-8-21-26(17(27)16(14)23-19)10-15-12-5-1-2-6-13(12)18(28)29-24-15/h1-2,5-6,8,11H,3-4,7,9-10,20H2,(H,22,23). The summed E-state index contributed by atoms with van der Waals surface area (Å²) in [6.07, 6.45) is 3.54. The van der Waals surface area contributed by atoms with Gasteiger partial charge >= 0.3 is 5.63 Å². The lowest BCUT2D eigenvalue weighted by molar-refractivity contribution is 0.362. The molecule has 1 atom stereocenters. The lowest BCUT2D eigenvalue weighted by atomic mass is 10.1. The molecule has 0 saturated carbocycles. The smallest absolute Gasteiger partial charge is 0.341 e. The van der Waals surface area contributed by atoms with Crippen molar-refractivity contribution in [3.8, 4) is 0 Å². The molecule has 1 aliphatic rings. The molecule has 3 aromatic heterocycles. The number of nitrogens with two attached hydrogens (primary N) is 1. The van der Waals surface area contributed by atoms with Gasteiger partial charge in [-0.3, -0.25) is 4.79 Å². The van der Waals surface area contributed by atoms with Crippen LogP contribution in [0.3, 0.4) is 0 Å². The number of anilines is 1. The zero-order valence-electron chi connectivity index (χ0n) is 15.5. The Bertz CT molecular complexity index is 1320. The van der Waals surface area contributed by atoms with Crippen LogP contribution in [-0.4, -0.2) is 44.0 Å². The first-order chi connectivity index (χ1) is 14.1. The third-order valence-corrected chi connectivity index (χ3v) is 5.24. The molecule has 0 bridgehead atoms. The molecule has 5 rings (SSSR count). The fourth-order valence-electron chi connectivity index (χ4n) is 3.76. The summed E-state index contributed by atoms with van der Waals surface area (Å²) in [5.41, 5.74) is 6.51. The summed E-state index contributed by atoms with van der Waals surface area (Å²) in [6.45, 7) is 1.60. The van der Waals surface area contributed by atoms with Crippen LogP contribution in [0.1, 0.15) is 18.5 Å². The highest BCUT2D eigenvalue weighted by Crippen LogP contribution is 2.19. The van der Waals surface area contributed by atoms with Crippen LogP contribution in [0.15, 0.2) is 44.6 Å². The molecule has 1 saturated heterocycles. The summed E-state index contributed by atoms with van der Waals surface area (Å²) in [6, 6.07) is 7.07. The summed E-state index contributed by atoms with van der Waals surface area (Å²) in [4.78, 5) is 34.5. The minimum atomic E-state index is -0.517. The molecule has 1 aromatic carbocycles. The molecule has 4 heterocycles. The number of hydrogen-bond donors (Lipinski definition) is 2. The van der Waals surface area contributed by atoms with Gasteiger partial charge in [0.05, 0.1) is 23.6 Å². The number of piperidine rings is 1. The number of rotatable bonds is 3. The van der Waals surface area contributed by atoms with Gasteiger partial charge < -0.3 is 20.1 Å². The number of fused-ring (bicyclic) bond motifs is 2. The third kappa shape index (κ3) is 3.07. The van der Waals surface area contributed by atoms with Crippen molar-refractivity contribution < 1.29 is 4.52 Å². The maximum absolute atomic E-state index is 13.0. The van der Waals surface area contributed by atoms with Gasteiger partial charge in [-0.2, -0.15) is 5.10 Å². The molecule has 148 valence electrons. The molecular formula is C19H19N7O3. The number of nitrogens with zero attached hydrogens (tertiary/aromatic N) is 5. The van der Waals surface area contributed by atoms with Crippen molar-refractivity contribution in [2.24, 2.45) is 5.73 Å². The molecule has 10 heteroatoms. The van der Waals surface area contributed by atoms with Crippen molar-refractivity contribution in [1.82, 2.24) is 24.9 Å². The van der Waals surface area contributed by atoms with Crippen molar-refractivity contribution in [3.05, 3.63) is 56.9 Å². The summed E-state index contributed by atoms with van der Waals surface area (Å²) in [5, 5.41) is 9.15. The Morgan fingerprint density at radius 1 is 1.24 bits per heavy atom. The van der Waals surface area contributed by atoms with Crippen LogP contribution in [0.5, 0.6) is 0 Å². The first-order valence-electron chi connectivity index (χ1n) is 9.44. The monoisotopic (exact) mass is 393 g/mol. The average molecular weight is 393 g/mol. The van der Waals surface area contributed by atoms with Crippen LogP contribution in [-0.2, 0) is 6.54 Å². The van der Waals surface area contributed by atoms with Gasteiger partial charge in [0.15, 0.2) is 5.52 Å². The van der Waals surface area contributed by atoms with E-state index in [1.165, 1.54) is 4.68 Å². The highest BCUT2D eigenvalue weighted by Gasteiger charge is 2.21. The fourth-order valence-corrected chi connectivity index (χ4v) is 3.76. The molecule has 0 aliphatic carbocycles. The summed E-state index contributed by atoms with van der Waals surface area (Å²) < 4.78 is 6.14. The molecule has 0 amide bonds. The van der Waals surface area contributed by atoms with E-state index in [-0.39, 0.29) is 18.1 Å². The summed E-state index contributed by atoms with van der Waals surface area (Å²) in [5.74, 6) is 0.626. The lowest BCUT2D eigenvalue weighted by Gasteiger charge is -2.30. The Labute approximate surface area is 163 Å². The molecule has 3 N–H and O–H groups in total. The Morgan fingerprint density at radius 3 is 2.90 bits per heavy atom. The SMILES string of the molecule is NC1CCCN(c2nc3c(=O)n(Cc4noc(=O)c5ccccc45)ncc3[nH]2)C1. The molecule has 4 aromatic rings. The molecule has 0 radical (unpaired) electrons. The second-order valence-corrected chi connectivity index (χ2v) is 7.24. The van der Waals surface area contributed by atoms with Gasteiger partial charge in [0.25, 0.3) is 5.56 Å². The Balaban J connectivity index is 1.54. The largest absolute Gasteiger partial charge is 0.366 e. The average Bonchev–Trinajstić information content (AvgIpc) is 3.17. The van der Waals surface area contributed by atoms with Crippen LogP contribution in [0.2, 0.25) is 0 Å². The maximum Gasteiger partial charge on any atom is 0.366 e. The van der Waals surface area contributed by atoms with Gasteiger partial charge in [-0.05, 0) is 18.9 Å². The molecule has 1 unspecified atom stereocenters. The Morgan fingerprint density at radius 2 is 2.07 bits per heavy atom. The quantitative estimate of drug-likeness (QED) is 0.516. The predicted molar refractivity (Wildman–Crippen MR) is 107 cm³/mol. The minimum Gasteiger partial charge on any atom is -0.341 e. The van der Waals surface area contributed by atoms with Crippen LogP contribution in [0.4, 0.5) is 5.95 Å². The number of aromatic nitrogens is 5. The van der Waals surface area contributed by atoms with Gasteiger partial charge in [-0.25, -0.2) is 14.5 Å². The zero-order valence-corrected chi connectivity index (χ0v) is 15.5. The molecule has 29 heavy (non-hydrogen) atoms. The lowest BCUT2D eigenvalue weighted by Crippen LogP contribution is -2.43. The van der Waals surface area contributed by atoms with Crippen LogP contribution in [0.25, 0.3) is 21.8 Å². The predicted octanol–water partition coefficient (Wildman–Crippen LogP) is 0.597. The van der Waals surface area contributed by atoms with Crippen molar-refractivity contribution >= 4 is 27.8 Å². The second-order valence-electron chi connectivity index (χ2n) is 7.24. The normalized spacial score (nSPS) is 17.3. The number of hydrogen-bond acceptors (Lipinski definition) is 8. The van der Waals surface area contributed by atoms with Crippen molar-refractivity contribution in [1.29, 1.82) is 0 Å². The minimum absolute atomic E-state index is 0.0653. The van der Waals surface area contributed by atoms with Gasteiger partial charge in [0, 0.05) is 24.5 Å². The maximum atomic E-state index is 13.0. The summed E-state index contributed by atoms with van der Waals surface area (Å²) in [7, 11) is 0. The van der Waals surface area contributed by atoms with E-state index in [0.29, 0.717) is 40.0 Å². The topological polar surface area (TPSA) is 136 Å². The molecular weight excluding hydrogens is 374 g/mol. The highest BCUT2D eigenvalue weighted by atomic mass is 16.5. The number of nitrogens with one attached hydrogen (secondary N) is 1. The van der Waals surface area contributed by atoms with E-state index in [1.54, 1.807) is 30.5 Å². The zero-order chi connectivity index (χ0) is 20.0. The van der Waals surface area contributed by atoms with Gasteiger partial charge in [-0.15, -0.1) is 0 Å². The van der Waals surface area contributed by atoms with E-state index in [4.69, 9.17) is 10.3 Å². The Hall–Kier alpha value is -3.53. The Kier molecular flexibility index (Phi) is 4.13. The van der Waals surface area contributed by atoms with Gasteiger partial charge in [0.1, 0.15) is 5.69 Å². The third-order valence-electron chi connectivity index (χ3n) is 5.24. The number of imidazole rings is 1. The van der Waals surface area contributed by atoms with Gasteiger partial charge in [-0.1, -0.05) is 23.4 Å². The van der Waals surface area contributed by atoms with E-state index in [2.05, 4.69) is 25.1 Å². The molecule has 1 fully saturated rings. The van der Waals surface area contributed by atoms with E-state index in [0.717, 1.165) is 19.4 Å². The first-order valence-corrected chi connectivity index (χ1v) is 9.44. The molecule has 0 spiro atoms. The number of aromatic amines is 1. The first kappa shape index (κ1) is 17.6. The van der Waals surface area contributed by atoms with Crippen molar-refractivity contribution in [2.45, 2.75) is 25.4 Å². The van der Waals surface area contributed by atoms with Crippen LogP contribution in [0, 0.1) is 0 Å². The van der Waals surface area contributed by atoms with Crippen molar-refractivity contribution in [3.63, 3.8) is 0 Å². The van der Waals surface area contributed by atoms with Crippen LogP contribution < -0.4 is 21.8 Å². The van der Waals surface area contributed by atoms with Crippen LogP contribution >= 0.6 is 0 Å². The van der Waals surface area contributed by atoms with E-state index < -0.39 is 5.63 Å². The van der Waals surface area contributed by atoms with Gasteiger partial charge in [0.2, 0.25) is 5.95 Å². The summed E-state index contributed by atoms with van der Waals surface area (Å²) >= 11 is 0. The highest BCUT2D eigenvalue weighted by molar-refractivity contribution is 5.83. The number of H-pyrrole nitrogens is 1. The number of benzene rings is 1.